The van der Waals surface area contributed by atoms with E-state index in [0.29, 0.717) is 6.61 Å². The van der Waals surface area contributed by atoms with Gasteiger partial charge in [0.2, 0.25) is 0 Å². The number of halogens is 1. The first kappa shape index (κ1) is 14.7. The third-order valence-corrected chi connectivity index (χ3v) is 3.47. The van der Waals surface area contributed by atoms with Crippen LogP contribution in [0.2, 0.25) is 0 Å². The molecule has 0 aromatic heterocycles. The Labute approximate surface area is 128 Å². The Morgan fingerprint density at radius 3 is 2.70 bits per heavy atom. The van der Waals surface area contributed by atoms with E-state index in [4.69, 9.17) is 9.47 Å². The van der Waals surface area contributed by atoms with Crippen molar-refractivity contribution in [3.05, 3.63) is 52.5 Å². The molecule has 0 aliphatic carbocycles. The SMILES string of the molecule is COc1ccc(OCCNc2cccc(C)c2)c(Br)c1. The van der Waals surface area contributed by atoms with Gasteiger partial charge in [0.25, 0.3) is 0 Å². The van der Waals surface area contributed by atoms with Gasteiger partial charge in [0.1, 0.15) is 18.1 Å². The average molecular weight is 336 g/mol. The van der Waals surface area contributed by atoms with E-state index < -0.39 is 0 Å². The third-order valence-electron chi connectivity index (χ3n) is 2.85. The first-order valence-corrected chi connectivity index (χ1v) is 7.25. The van der Waals surface area contributed by atoms with Crippen LogP contribution in [0.1, 0.15) is 5.56 Å². The number of nitrogens with one attached hydrogen (secondary N) is 1. The highest BCUT2D eigenvalue weighted by atomic mass is 79.9. The molecule has 0 heterocycles. The van der Waals surface area contributed by atoms with E-state index in [9.17, 15) is 0 Å². The smallest absolute Gasteiger partial charge is 0.133 e. The topological polar surface area (TPSA) is 30.5 Å². The molecule has 4 heteroatoms. The maximum absolute atomic E-state index is 5.72. The molecule has 106 valence electrons. The van der Waals surface area contributed by atoms with Crippen LogP contribution >= 0.6 is 15.9 Å². The minimum atomic E-state index is 0.596. The summed E-state index contributed by atoms with van der Waals surface area (Å²) in [4.78, 5) is 0. The van der Waals surface area contributed by atoms with Crippen LogP contribution in [0, 0.1) is 6.92 Å². The molecule has 0 saturated heterocycles. The molecule has 0 radical (unpaired) electrons. The Morgan fingerprint density at radius 2 is 2.00 bits per heavy atom. The van der Waals surface area contributed by atoms with Crippen molar-refractivity contribution >= 4 is 21.6 Å². The zero-order valence-electron chi connectivity index (χ0n) is 11.7. The Bertz CT molecular complexity index is 572. The van der Waals surface area contributed by atoms with Crippen molar-refractivity contribution in [2.24, 2.45) is 0 Å². The minimum absolute atomic E-state index is 0.596. The quantitative estimate of drug-likeness (QED) is 0.800. The molecule has 0 aliphatic rings. The number of hydrogen-bond acceptors (Lipinski definition) is 3. The summed E-state index contributed by atoms with van der Waals surface area (Å²) in [5.41, 5.74) is 2.36. The maximum atomic E-state index is 5.72. The summed E-state index contributed by atoms with van der Waals surface area (Å²) in [5.74, 6) is 1.62. The van der Waals surface area contributed by atoms with E-state index in [1.165, 1.54) is 5.56 Å². The summed E-state index contributed by atoms with van der Waals surface area (Å²) in [6.07, 6.45) is 0. The lowest BCUT2D eigenvalue weighted by molar-refractivity contribution is 0.329. The van der Waals surface area contributed by atoms with E-state index in [0.717, 1.165) is 28.2 Å². The summed E-state index contributed by atoms with van der Waals surface area (Å²) in [7, 11) is 1.65. The second-order valence-electron chi connectivity index (χ2n) is 4.44. The fraction of sp³-hybridized carbons (Fsp3) is 0.250. The summed E-state index contributed by atoms with van der Waals surface area (Å²) >= 11 is 3.47. The number of hydrogen-bond donors (Lipinski definition) is 1. The van der Waals surface area contributed by atoms with Gasteiger partial charge in [-0.3, -0.25) is 0 Å². The predicted molar refractivity (Wildman–Crippen MR) is 85.9 cm³/mol. The van der Waals surface area contributed by atoms with Crippen LogP contribution in [0.15, 0.2) is 46.9 Å². The van der Waals surface area contributed by atoms with E-state index in [2.05, 4.69) is 46.4 Å². The summed E-state index contributed by atoms with van der Waals surface area (Å²) in [5, 5.41) is 3.33. The molecular formula is C16H18BrNO2. The van der Waals surface area contributed by atoms with Gasteiger partial charge in [0.15, 0.2) is 0 Å². The fourth-order valence-electron chi connectivity index (χ4n) is 1.84. The lowest BCUT2D eigenvalue weighted by Gasteiger charge is -2.11. The van der Waals surface area contributed by atoms with Gasteiger partial charge in [-0.05, 0) is 58.7 Å². The van der Waals surface area contributed by atoms with Crippen molar-refractivity contribution in [3.8, 4) is 11.5 Å². The van der Waals surface area contributed by atoms with Crippen molar-refractivity contribution in [3.63, 3.8) is 0 Å². The highest BCUT2D eigenvalue weighted by Crippen LogP contribution is 2.28. The predicted octanol–water partition coefficient (Wildman–Crippen LogP) is 4.26. The van der Waals surface area contributed by atoms with Gasteiger partial charge >= 0.3 is 0 Å². The molecule has 0 amide bonds. The normalized spacial score (nSPS) is 10.2. The van der Waals surface area contributed by atoms with E-state index in [-0.39, 0.29) is 0 Å². The molecular weight excluding hydrogens is 318 g/mol. The molecule has 0 atom stereocenters. The molecule has 0 unspecified atom stereocenters. The Balaban J connectivity index is 1.81. The molecule has 0 spiro atoms. The molecule has 0 saturated carbocycles. The number of methoxy groups -OCH3 is 1. The van der Waals surface area contributed by atoms with E-state index in [1.807, 2.05) is 24.3 Å². The number of ether oxygens (including phenoxy) is 2. The molecule has 2 aromatic rings. The molecule has 2 rings (SSSR count). The largest absolute Gasteiger partial charge is 0.497 e. The first-order valence-electron chi connectivity index (χ1n) is 6.46. The Morgan fingerprint density at radius 1 is 1.15 bits per heavy atom. The van der Waals surface area contributed by atoms with Crippen LogP contribution in [0.25, 0.3) is 0 Å². The molecule has 1 N–H and O–H groups in total. The van der Waals surface area contributed by atoms with Crippen molar-refractivity contribution in [1.29, 1.82) is 0 Å². The van der Waals surface area contributed by atoms with Gasteiger partial charge in [-0.15, -0.1) is 0 Å². The maximum Gasteiger partial charge on any atom is 0.133 e. The lowest BCUT2D eigenvalue weighted by Crippen LogP contribution is -2.11. The van der Waals surface area contributed by atoms with Crippen LogP contribution in [0.3, 0.4) is 0 Å². The molecule has 3 nitrogen and oxygen atoms in total. The van der Waals surface area contributed by atoms with Gasteiger partial charge in [0, 0.05) is 12.2 Å². The highest BCUT2D eigenvalue weighted by Gasteiger charge is 2.02. The van der Waals surface area contributed by atoms with Gasteiger partial charge in [-0.25, -0.2) is 0 Å². The summed E-state index contributed by atoms with van der Waals surface area (Å²) < 4.78 is 11.8. The standard InChI is InChI=1S/C16H18BrNO2/c1-12-4-3-5-13(10-12)18-8-9-20-16-7-6-14(19-2)11-15(16)17/h3-7,10-11,18H,8-9H2,1-2H3. The van der Waals surface area contributed by atoms with Gasteiger partial charge < -0.3 is 14.8 Å². The monoisotopic (exact) mass is 335 g/mol. The Hall–Kier alpha value is -1.68. The zero-order valence-corrected chi connectivity index (χ0v) is 13.2. The molecule has 0 bridgehead atoms. The molecule has 2 aromatic carbocycles. The Kier molecular flexibility index (Phi) is 5.30. The van der Waals surface area contributed by atoms with E-state index >= 15 is 0 Å². The number of aryl methyl sites for hydroxylation is 1. The number of benzene rings is 2. The van der Waals surface area contributed by atoms with Crippen LogP contribution in [-0.2, 0) is 0 Å². The lowest BCUT2D eigenvalue weighted by atomic mass is 10.2. The second-order valence-corrected chi connectivity index (χ2v) is 5.30. The summed E-state index contributed by atoms with van der Waals surface area (Å²) in [6.45, 7) is 3.43. The fourth-order valence-corrected chi connectivity index (χ4v) is 2.31. The van der Waals surface area contributed by atoms with Gasteiger partial charge in [-0.1, -0.05) is 12.1 Å². The van der Waals surface area contributed by atoms with Crippen LogP contribution in [0.5, 0.6) is 11.5 Å². The minimum Gasteiger partial charge on any atom is -0.497 e. The number of rotatable bonds is 6. The summed E-state index contributed by atoms with van der Waals surface area (Å²) in [6, 6.07) is 14.0. The second kappa shape index (κ2) is 7.20. The first-order chi connectivity index (χ1) is 9.69. The zero-order chi connectivity index (χ0) is 14.4. The van der Waals surface area contributed by atoms with Crippen LogP contribution < -0.4 is 14.8 Å². The average Bonchev–Trinajstić information content (AvgIpc) is 2.45. The number of anilines is 1. The van der Waals surface area contributed by atoms with Gasteiger partial charge in [0.05, 0.1) is 11.6 Å². The van der Waals surface area contributed by atoms with Gasteiger partial charge in [-0.2, -0.15) is 0 Å². The van der Waals surface area contributed by atoms with Crippen molar-refractivity contribution < 1.29 is 9.47 Å². The van der Waals surface area contributed by atoms with Crippen molar-refractivity contribution in [1.82, 2.24) is 0 Å². The molecule has 0 fully saturated rings. The molecule has 0 aliphatic heterocycles. The van der Waals surface area contributed by atoms with Crippen molar-refractivity contribution in [2.45, 2.75) is 6.92 Å². The van der Waals surface area contributed by atoms with Crippen LogP contribution in [-0.4, -0.2) is 20.3 Å². The third kappa shape index (κ3) is 4.17. The van der Waals surface area contributed by atoms with Crippen LogP contribution in [0.4, 0.5) is 5.69 Å². The van der Waals surface area contributed by atoms with Crippen molar-refractivity contribution in [2.75, 3.05) is 25.6 Å². The highest BCUT2D eigenvalue weighted by molar-refractivity contribution is 9.10. The van der Waals surface area contributed by atoms with E-state index in [1.54, 1.807) is 7.11 Å². The molecule has 20 heavy (non-hydrogen) atoms.